The number of hydrogen-bond acceptors (Lipinski definition) is 3. The lowest BCUT2D eigenvalue weighted by molar-refractivity contribution is -0.130. The Morgan fingerprint density at radius 2 is 1.83 bits per heavy atom. The van der Waals surface area contributed by atoms with Gasteiger partial charge in [-0.05, 0) is 41.7 Å². The summed E-state index contributed by atoms with van der Waals surface area (Å²) in [6.45, 7) is 4.03. The Kier molecular flexibility index (Phi) is 4.98. The molecule has 0 heterocycles. The summed E-state index contributed by atoms with van der Waals surface area (Å²) in [6, 6.07) is 13.5. The second kappa shape index (κ2) is 7.16. The van der Waals surface area contributed by atoms with E-state index in [1.54, 1.807) is 6.07 Å². The van der Waals surface area contributed by atoms with Crippen LogP contribution in [-0.4, -0.2) is 17.9 Å². The van der Waals surface area contributed by atoms with Crippen LogP contribution >= 0.6 is 0 Å². The maximum Gasteiger partial charge on any atom is 0.338 e. The van der Waals surface area contributed by atoms with Crippen molar-refractivity contribution in [2.45, 2.75) is 45.6 Å². The Hall–Kier alpha value is -2.16. The number of rotatable bonds is 4. The van der Waals surface area contributed by atoms with Gasteiger partial charge in [-0.3, -0.25) is 4.79 Å². The van der Waals surface area contributed by atoms with Crippen LogP contribution in [0.3, 0.4) is 0 Å². The molecule has 3 nitrogen and oxygen atoms in total. The molecule has 0 spiro atoms. The predicted octanol–water partition coefficient (Wildman–Crippen LogP) is 4.78. The SMILES string of the molecule is CC(C)C(OC(=O)c1ccc2ccccc2c1)C1CCCCC1=O. The van der Waals surface area contributed by atoms with Crippen LogP contribution in [-0.2, 0) is 9.53 Å². The molecular weight excluding hydrogens is 300 g/mol. The minimum atomic E-state index is -0.336. The van der Waals surface area contributed by atoms with Crippen LogP contribution in [0.5, 0.6) is 0 Å². The second-order valence-corrected chi connectivity index (χ2v) is 6.99. The van der Waals surface area contributed by atoms with Gasteiger partial charge in [-0.15, -0.1) is 0 Å². The minimum Gasteiger partial charge on any atom is -0.458 e. The summed E-state index contributed by atoms with van der Waals surface area (Å²) in [6.07, 6.45) is 3.09. The number of Topliss-reactive ketones (excluding diaryl/α,β-unsaturated/α-hetero) is 1. The lowest BCUT2D eigenvalue weighted by atomic mass is 9.80. The molecule has 0 radical (unpaired) electrons. The molecule has 1 aliphatic rings. The first-order valence-electron chi connectivity index (χ1n) is 8.79. The lowest BCUT2D eigenvalue weighted by Gasteiger charge is -2.31. The summed E-state index contributed by atoms with van der Waals surface area (Å²) < 4.78 is 5.80. The highest BCUT2D eigenvalue weighted by Crippen LogP contribution is 2.30. The fourth-order valence-corrected chi connectivity index (χ4v) is 3.55. The fourth-order valence-electron chi connectivity index (χ4n) is 3.55. The normalized spacial score (nSPS) is 19.5. The second-order valence-electron chi connectivity index (χ2n) is 6.99. The van der Waals surface area contributed by atoms with Crippen LogP contribution in [0.15, 0.2) is 42.5 Å². The molecule has 3 rings (SSSR count). The third-order valence-electron chi connectivity index (χ3n) is 4.88. The quantitative estimate of drug-likeness (QED) is 0.760. The fraction of sp³-hybridized carbons (Fsp3) is 0.429. The minimum absolute atomic E-state index is 0.126. The first-order chi connectivity index (χ1) is 11.6. The molecule has 2 atom stereocenters. The Balaban J connectivity index is 1.80. The van der Waals surface area contributed by atoms with E-state index in [4.69, 9.17) is 4.74 Å². The molecule has 0 aromatic heterocycles. The van der Waals surface area contributed by atoms with Gasteiger partial charge in [0.2, 0.25) is 0 Å². The highest BCUT2D eigenvalue weighted by atomic mass is 16.5. The Bertz CT molecular complexity index is 748. The number of ketones is 1. The largest absolute Gasteiger partial charge is 0.458 e. The molecular formula is C21H24O3. The number of esters is 1. The van der Waals surface area contributed by atoms with Gasteiger partial charge in [-0.2, -0.15) is 0 Å². The van der Waals surface area contributed by atoms with E-state index in [-0.39, 0.29) is 29.7 Å². The number of carbonyl (C=O) groups excluding carboxylic acids is 2. The van der Waals surface area contributed by atoms with Gasteiger partial charge in [0.05, 0.1) is 11.5 Å². The highest BCUT2D eigenvalue weighted by molar-refractivity contribution is 5.95. The topological polar surface area (TPSA) is 43.4 Å². The summed E-state index contributed by atoms with van der Waals surface area (Å²) in [7, 11) is 0. The number of hydrogen-bond donors (Lipinski definition) is 0. The van der Waals surface area contributed by atoms with Gasteiger partial charge in [-0.1, -0.05) is 50.6 Å². The zero-order valence-electron chi connectivity index (χ0n) is 14.3. The van der Waals surface area contributed by atoms with Crippen molar-refractivity contribution >= 4 is 22.5 Å². The van der Waals surface area contributed by atoms with Crippen molar-refractivity contribution in [2.75, 3.05) is 0 Å². The standard InChI is InChI=1S/C21H24O3/c1-14(2)20(18-9-5-6-10-19(18)22)24-21(23)17-12-11-15-7-3-4-8-16(15)13-17/h3-4,7-8,11-14,18,20H,5-6,9-10H2,1-2H3. The first kappa shape index (κ1) is 16.7. The molecule has 1 aliphatic carbocycles. The maximum absolute atomic E-state index is 12.6. The smallest absolute Gasteiger partial charge is 0.338 e. The molecule has 1 fully saturated rings. The van der Waals surface area contributed by atoms with Crippen molar-refractivity contribution < 1.29 is 14.3 Å². The molecule has 0 amide bonds. The average Bonchev–Trinajstić information content (AvgIpc) is 2.59. The third-order valence-corrected chi connectivity index (χ3v) is 4.88. The van der Waals surface area contributed by atoms with Crippen LogP contribution in [0.25, 0.3) is 10.8 Å². The van der Waals surface area contributed by atoms with E-state index in [0.717, 1.165) is 30.0 Å². The van der Waals surface area contributed by atoms with E-state index >= 15 is 0 Å². The van der Waals surface area contributed by atoms with E-state index in [1.165, 1.54) is 0 Å². The highest BCUT2D eigenvalue weighted by Gasteiger charge is 2.35. The summed E-state index contributed by atoms with van der Waals surface area (Å²) >= 11 is 0. The van der Waals surface area contributed by atoms with Crippen molar-refractivity contribution in [1.82, 2.24) is 0 Å². The lowest BCUT2D eigenvalue weighted by Crippen LogP contribution is -2.38. The van der Waals surface area contributed by atoms with Gasteiger partial charge in [0, 0.05) is 6.42 Å². The predicted molar refractivity (Wildman–Crippen MR) is 95.0 cm³/mol. The van der Waals surface area contributed by atoms with E-state index < -0.39 is 0 Å². The van der Waals surface area contributed by atoms with Crippen molar-refractivity contribution in [2.24, 2.45) is 11.8 Å². The molecule has 3 heteroatoms. The van der Waals surface area contributed by atoms with Crippen LogP contribution in [0.4, 0.5) is 0 Å². The molecule has 0 bridgehead atoms. The van der Waals surface area contributed by atoms with Gasteiger partial charge in [0.15, 0.2) is 0 Å². The maximum atomic E-state index is 12.6. The summed E-state index contributed by atoms with van der Waals surface area (Å²) in [5.74, 6) is -0.117. The summed E-state index contributed by atoms with van der Waals surface area (Å²) in [5, 5.41) is 2.11. The zero-order chi connectivity index (χ0) is 17.1. The molecule has 0 saturated heterocycles. The molecule has 24 heavy (non-hydrogen) atoms. The molecule has 2 unspecified atom stereocenters. The summed E-state index contributed by atoms with van der Waals surface area (Å²) in [4.78, 5) is 24.9. The molecule has 2 aromatic rings. The summed E-state index contributed by atoms with van der Waals surface area (Å²) in [5.41, 5.74) is 0.544. The molecule has 0 aliphatic heterocycles. The molecule has 1 saturated carbocycles. The van der Waals surface area contributed by atoms with Gasteiger partial charge >= 0.3 is 5.97 Å². The first-order valence-corrected chi connectivity index (χ1v) is 8.79. The third kappa shape index (κ3) is 3.50. The Morgan fingerprint density at radius 3 is 2.54 bits per heavy atom. The van der Waals surface area contributed by atoms with Crippen LogP contribution in [0, 0.1) is 11.8 Å². The van der Waals surface area contributed by atoms with Crippen molar-refractivity contribution in [3.05, 3.63) is 48.0 Å². The monoisotopic (exact) mass is 324 g/mol. The number of carbonyl (C=O) groups is 2. The average molecular weight is 324 g/mol. The van der Waals surface area contributed by atoms with E-state index in [2.05, 4.69) is 0 Å². The van der Waals surface area contributed by atoms with Gasteiger partial charge in [-0.25, -0.2) is 4.79 Å². The number of ether oxygens (including phenoxy) is 1. The number of fused-ring (bicyclic) bond motifs is 1. The van der Waals surface area contributed by atoms with Crippen molar-refractivity contribution in [3.8, 4) is 0 Å². The van der Waals surface area contributed by atoms with Gasteiger partial charge in [0.1, 0.15) is 11.9 Å². The van der Waals surface area contributed by atoms with Gasteiger partial charge < -0.3 is 4.74 Å². The molecule has 0 N–H and O–H groups in total. The van der Waals surface area contributed by atoms with Crippen molar-refractivity contribution in [3.63, 3.8) is 0 Å². The number of benzene rings is 2. The van der Waals surface area contributed by atoms with E-state index in [0.29, 0.717) is 12.0 Å². The zero-order valence-corrected chi connectivity index (χ0v) is 14.3. The Labute approximate surface area is 143 Å². The Morgan fingerprint density at radius 1 is 1.08 bits per heavy atom. The molecule has 2 aromatic carbocycles. The van der Waals surface area contributed by atoms with Crippen molar-refractivity contribution in [1.29, 1.82) is 0 Å². The van der Waals surface area contributed by atoms with Crippen LogP contribution in [0.1, 0.15) is 49.9 Å². The van der Waals surface area contributed by atoms with Crippen LogP contribution in [0.2, 0.25) is 0 Å². The molecule has 126 valence electrons. The van der Waals surface area contributed by atoms with E-state index in [1.807, 2.05) is 50.2 Å². The van der Waals surface area contributed by atoms with E-state index in [9.17, 15) is 9.59 Å². The van der Waals surface area contributed by atoms with Gasteiger partial charge in [0.25, 0.3) is 0 Å². The van der Waals surface area contributed by atoms with Crippen LogP contribution < -0.4 is 0 Å².